The minimum Gasteiger partial charge on any atom is -0.361 e. The van der Waals surface area contributed by atoms with Crippen molar-refractivity contribution in [2.45, 2.75) is 32.6 Å². The van der Waals surface area contributed by atoms with E-state index in [1.165, 1.54) is 12.1 Å². The van der Waals surface area contributed by atoms with Gasteiger partial charge in [-0.15, -0.1) is 0 Å². The van der Waals surface area contributed by atoms with Crippen molar-refractivity contribution < 1.29 is 13.7 Å². The Morgan fingerprint density at radius 3 is 2.78 bits per heavy atom. The van der Waals surface area contributed by atoms with Gasteiger partial charge >= 0.3 is 0 Å². The first-order valence-electron chi connectivity index (χ1n) is 9.06. The minimum atomic E-state index is -0.266. The van der Waals surface area contributed by atoms with Crippen molar-refractivity contribution in [2.75, 3.05) is 13.1 Å². The molecule has 1 N–H and O–H groups in total. The number of rotatable bonds is 3. The van der Waals surface area contributed by atoms with Crippen LogP contribution >= 0.6 is 0 Å². The first kappa shape index (κ1) is 17.5. The lowest BCUT2D eigenvalue weighted by Crippen LogP contribution is -2.39. The Labute approximate surface area is 156 Å². The molecule has 7 heteroatoms. The van der Waals surface area contributed by atoms with Crippen molar-refractivity contribution in [1.82, 2.24) is 20.3 Å². The molecule has 1 aromatic carbocycles. The standard InChI is InChI=1S/C20H21FN4O2/c1-12-18(13(2)27-24-12)20(26)25-9-3-4-15(11-25)19-17(10-22-23-19)14-5-7-16(21)8-6-14/h5-8,10,15H,3-4,9,11H2,1-2H3,(H,22,23). The molecule has 27 heavy (non-hydrogen) atoms. The van der Waals surface area contributed by atoms with Gasteiger partial charge < -0.3 is 9.42 Å². The molecule has 1 saturated heterocycles. The molecule has 1 atom stereocenters. The lowest BCUT2D eigenvalue weighted by atomic mass is 9.90. The molecule has 1 amide bonds. The maximum absolute atomic E-state index is 13.2. The van der Waals surface area contributed by atoms with Crippen LogP contribution < -0.4 is 0 Å². The van der Waals surface area contributed by atoms with Crippen LogP contribution in [0.15, 0.2) is 35.0 Å². The van der Waals surface area contributed by atoms with E-state index in [0.29, 0.717) is 30.1 Å². The fourth-order valence-electron chi connectivity index (χ4n) is 3.81. The molecule has 1 unspecified atom stereocenters. The van der Waals surface area contributed by atoms with Crippen molar-refractivity contribution in [2.24, 2.45) is 0 Å². The summed E-state index contributed by atoms with van der Waals surface area (Å²) in [7, 11) is 0. The van der Waals surface area contributed by atoms with E-state index < -0.39 is 0 Å². The van der Waals surface area contributed by atoms with Crippen LogP contribution in [0.3, 0.4) is 0 Å². The minimum absolute atomic E-state index is 0.0428. The zero-order valence-electron chi connectivity index (χ0n) is 15.3. The van der Waals surface area contributed by atoms with Crippen molar-refractivity contribution >= 4 is 5.91 Å². The van der Waals surface area contributed by atoms with Gasteiger partial charge in [-0.1, -0.05) is 17.3 Å². The number of nitrogens with zero attached hydrogens (tertiary/aromatic N) is 3. The monoisotopic (exact) mass is 368 g/mol. The Hall–Kier alpha value is -2.96. The second-order valence-electron chi connectivity index (χ2n) is 6.99. The molecule has 1 aliphatic heterocycles. The number of halogens is 1. The fraction of sp³-hybridized carbons (Fsp3) is 0.350. The Morgan fingerprint density at radius 1 is 1.30 bits per heavy atom. The first-order valence-corrected chi connectivity index (χ1v) is 9.06. The quantitative estimate of drug-likeness (QED) is 0.762. The molecular weight excluding hydrogens is 347 g/mol. The van der Waals surface area contributed by atoms with E-state index in [9.17, 15) is 9.18 Å². The molecule has 0 aliphatic carbocycles. The van der Waals surface area contributed by atoms with Gasteiger partial charge in [0, 0.05) is 30.3 Å². The van der Waals surface area contributed by atoms with Crippen LogP contribution in [0.25, 0.3) is 11.1 Å². The van der Waals surface area contributed by atoms with Gasteiger partial charge in [0.25, 0.3) is 5.91 Å². The number of likely N-dealkylation sites (tertiary alicyclic amines) is 1. The fourth-order valence-corrected chi connectivity index (χ4v) is 3.81. The molecule has 3 aromatic rings. The molecule has 3 heterocycles. The summed E-state index contributed by atoms with van der Waals surface area (Å²) in [6.07, 6.45) is 3.63. The lowest BCUT2D eigenvalue weighted by molar-refractivity contribution is 0.0703. The smallest absolute Gasteiger partial charge is 0.259 e. The molecule has 0 spiro atoms. The highest BCUT2D eigenvalue weighted by atomic mass is 19.1. The molecule has 2 aromatic heterocycles. The number of piperidine rings is 1. The number of hydrogen-bond donors (Lipinski definition) is 1. The largest absolute Gasteiger partial charge is 0.361 e. The topological polar surface area (TPSA) is 75.0 Å². The maximum Gasteiger partial charge on any atom is 0.259 e. The molecule has 0 saturated carbocycles. The van der Waals surface area contributed by atoms with Gasteiger partial charge in [0.2, 0.25) is 0 Å². The zero-order valence-corrected chi connectivity index (χ0v) is 15.3. The van der Waals surface area contributed by atoms with Crippen LogP contribution in [0.2, 0.25) is 0 Å². The SMILES string of the molecule is Cc1noc(C)c1C(=O)N1CCCC(c2[nH]ncc2-c2ccc(F)cc2)C1. The Morgan fingerprint density at radius 2 is 2.07 bits per heavy atom. The van der Waals surface area contributed by atoms with E-state index in [4.69, 9.17) is 4.52 Å². The van der Waals surface area contributed by atoms with E-state index in [0.717, 1.165) is 29.7 Å². The van der Waals surface area contributed by atoms with E-state index in [1.54, 1.807) is 32.2 Å². The van der Waals surface area contributed by atoms with Gasteiger partial charge in [-0.2, -0.15) is 5.10 Å². The number of aryl methyl sites for hydroxylation is 2. The average Bonchev–Trinajstić information content (AvgIpc) is 3.29. The maximum atomic E-state index is 13.2. The van der Waals surface area contributed by atoms with Crippen LogP contribution in [0, 0.1) is 19.7 Å². The van der Waals surface area contributed by atoms with Crippen LogP contribution in [0.1, 0.15) is 46.3 Å². The highest BCUT2D eigenvalue weighted by Gasteiger charge is 2.30. The summed E-state index contributed by atoms with van der Waals surface area (Å²) in [4.78, 5) is 14.8. The van der Waals surface area contributed by atoms with Gasteiger partial charge in [0.05, 0.1) is 11.9 Å². The zero-order chi connectivity index (χ0) is 19.0. The summed E-state index contributed by atoms with van der Waals surface area (Å²) in [6, 6.07) is 6.39. The van der Waals surface area contributed by atoms with E-state index in [1.807, 2.05) is 4.90 Å². The highest BCUT2D eigenvalue weighted by Crippen LogP contribution is 2.33. The van der Waals surface area contributed by atoms with Crippen molar-refractivity contribution in [3.05, 3.63) is 59.0 Å². The third-order valence-electron chi connectivity index (χ3n) is 5.19. The molecular formula is C20H21FN4O2. The number of nitrogens with one attached hydrogen (secondary N) is 1. The van der Waals surface area contributed by atoms with Gasteiger partial charge in [0.1, 0.15) is 17.1 Å². The first-order chi connectivity index (χ1) is 13.0. The molecule has 0 radical (unpaired) electrons. The normalized spacial score (nSPS) is 17.3. The summed E-state index contributed by atoms with van der Waals surface area (Å²) in [5.41, 5.74) is 4.02. The number of carbonyl (C=O) groups excluding carboxylic acids is 1. The molecule has 0 bridgehead atoms. The second kappa shape index (κ2) is 6.98. The number of aromatic amines is 1. The predicted molar refractivity (Wildman–Crippen MR) is 97.8 cm³/mol. The molecule has 6 nitrogen and oxygen atoms in total. The Bertz CT molecular complexity index is 941. The third kappa shape index (κ3) is 3.25. The summed E-state index contributed by atoms with van der Waals surface area (Å²) < 4.78 is 18.4. The number of benzene rings is 1. The van der Waals surface area contributed by atoms with Crippen LogP contribution in [0.5, 0.6) is 0 Å². The Balaban J connectivity index is 1.59. The summed E-state index contributed by atoms with van der Waals surface area (Å²) in [5.74, 6) is 0.385. The average molecular weight is 368 g/mol. The van der Waals surface area contributed by atoms with Crippen LogP contribution in [0.4, 0.5) is 4.39 Å². The lowest BCUT2D eigenvalue weighted by Gasteiger charge is -2.32. The highest BCUT2D eigenvalue weighted by molar-refractivity contribution is 5.96. The summed E-state index contributed by atoms with van der Waals surface area (Å²) >= 11 is 0. The molecule has 140 valence electrons. The summed E-state index contributed by atoms with van der Waals surface area (Å²) in [5, 5.41) is 11.2. The van der Waals surface area contributed by atoms with Gasteiger partial charge in [0.15, 0.2) is 0 Å². The molecule has 4 rings (SSSR count). The third-order valence-corrected chi connectivity index (χ3v) is 5.19. The van der Waals surface area contributed by atoms with Crippen LogP contribution in [-0.4, -0.2) is 39.3 Å². The predicted octanol–water partition coefficient (Wildman–Crippen LogP) is 3.84. The van der Waals surface area contributed by atoms with E-state index in [2.05, 4.69) is 15.4 Å². The molecule has 1 aliphatic rings. The number of amides is 1. The van der Waals surface area contributed by atoms with Gasteiger partial charge in [-0.25, -0.2) is 4.39 Å². The molecule has 1 fully saturated rings. The van der Waals surface area contributed by atoms with Gasteiger partial charge in [-0.3, -0.25) is 9.89 Å². The Kier molecular flexibility index (Phi) is 4.51. The van der Waals surface area contributed by atoms with Crippen molar-refractivity contribution in [3.63, 3.8) is 0 Å². The summed E-state index contributed by atoms with van der Waals surface area (Å²) in [6.45, 7) is 4.85. The van der Waals surface area contributed by atoms with E-state index >= 15 is 0 Å². The number of aromatic nitrogens is 3. The van der Waals surface area contributed by atoms with Crippen LogP contribution in [-0.2, 0) is 0 Å². The van der Waals surface area contributed by atoms with E-state index in [-0.39, 0.29) is 17.6 Å². The second-order valence-corrected chi connectivity index (χ2v) is 6.99. The number of carbonyl (C=O) groups is 1. The van der Waals surface area contributed by atoms with Crippen molar-refractivity contribution in [1.29, 1.82) is 0 Å². The van der Waals surface area contributed by atoms with Gasteiger partial charge in [-0.05, 0) is 44.4 Å². The number of H-pyrrole nitrogens is 1. The number of hydrogen-bond acceptors (Lipinski definition) is 4. The van der Waals surface area contributed by atoms with Crippen molar-refractivity contribution in [3.8, 4) is 11.1 Å².